The van der Waals surface area contributed by atoms with Crippen molar-refractivity contribution < 1.29 is 4.79 Å². The van der Waals surface area contributed by atoms with Gasteiger partial charge in [-0.2, -0.15) is 0 Å². The molecule has 2 saturated heterocycles. The molecular formula is C18H31N3O. The summed E-state index contributed by atoms with van der Waals surface area (Å²) in [5, 5.41) is 0. The van der Waals surface area contributed by atoms with E-state index < -0.39 is 0 Å². The maximum atomic E-state index is 12.6. The SMILES string of the molecule is CC1CC(C)CN(C(=O)CN2CCN(C3CC=CC3)CC2)C1. The van der Waals surface area contributed by atoms with E-state index in [0.717, 1.165) is 45.3 Å². The lowest BCUT2D eigenvalue weighted by molar-refractivity contribution is -0.135. The zero-order chi connectivity index (χ0) is 15.5. The van der Waals surface area contributed by atoms with Crippen molar-refractivity contribution >= 4 is 5.91 Å². The van der Waals surface area contributed by atoms with Crippen LogP contribution in [0.5, 0.6) is 0 Å². The van der Waals surface area contributed by atoms with Crippen LogP contribution in [0, 0.1) is 11.8 Å². The molecule has 2 fully saturated rings. The van der Waals surface area contributed by atoms with E-state index in [2.05, 4.69) is 40.7 Å². The van der Waals surface area contributed by atoms with E-state index in [0.29, 0.717) is 24.3 Å². The number of rotatable bonds is 3. The van der Waals surface area contributed by atoms with Crippen molar-refractivity contribution in [2.45, 2.75) is 39.2 Å². The molecule has 124 valence electrons. The van der Waals surface area contributed by atoms with Gasteiger partial charge in [-0.3, -0.25) is 14.6 Å². The molecule has 1 aliphatic carbocycles. The van der Waals surface area contributed by atoms with Crippen LogP contribution < -0.4 is 0 Å². The first-order chi connectivity index (χ1) is 10.6. The fraction of sp³-hybridized carbons (Fsp3) is 0.833. The Morgan fingerprint density at radius 2 is 1.59 bits per heavy atom. The number of carbonyl (C=O) groups excluding carboxylic acids is 1. The summed E-state index contributed by atoms with van der Waals surface area (Å²) in [5.74, 6) is 1.65. The molecule has 22 heavy (non-hydrogen) atoms. The van der Waals surface area contributed by atoms with Gasteiger partial charge in [0.15, 0.2) is 0 Å². The fourth-order valence-corrected chi connectivity index (χ4v) is 4.35. The molecule has 0 saturated carbocycles. The minimum Gasteiger partial charge on any atom is -0.341 e. The van der Waals surface area contributed by atoms with Crippen LogP contribution in [0.4, 0.5) is 0 Å². The molecule has 2 aliphatic heterocycles. The first-order valence-corrected chi connectivity index (χ1v) is 9.01. The molecule has 2 atom stereocenters. The molecule has 3 rings (SSSR count). The minimum atomic E-state index is 0.342. The van der Waals surface area contributed by atoms with Crippen molar-refractivity contribution in [3.8, 4) is 0 Å². The Morgan fingerprint density at radius 1 is 1.00 bits per heavy atom. The van der Waals surface area contributed by atoms with Gasteiger partial charge in [-0.1, -0.05) is 26.0 Å². The lowest BCUT2D eigenvalue weighted by Gasteiger charge is -2.40. The summed E-state index contributed by atoms with van der Waals surface area (Å²) < 4.78 is 0. The fourth-order valence-electron chi connectivity index (χ4n) is 4.35. The molecule has 0 N–H and O–H groups in total. The number of likely N-dealkylation sites (tertiary alicyclic amines) is 1. The number of nitrogens with zero attached hydrogens (tertiary/aromatic N) is 3. The van der Waals surface area contributed by atoms with Crippen molar-refractivity contribution in [1.29, 1.82) is 0 Å². The Bertz CT molecular complexity index is 397. The summed E-state index contributed by atoms with van der Waals surface area (Å²) >= 11 is 0. The van der Waals surface area contributed by atoms with Crippen LogP contribution in [-0.2, 0) is 4.79 Å². The van der Waals surface area contributed by atoms with Gasteiger partial charge in [0.05, 0.1) is 6.54 Å². The predicted molar refractivity (Wildman–Crippen MR) is 89.7 cm³/mol. The van der Waals surface area contributed by atoms with Gasteiger partial charge < -0.3 is 4.90 Å². The number of hydrogen-bond acceptors (Lipinski definition) is 3. The van der Waals surface area contributed by atoms with Crippen molar-refractivity contribution in [3.05, 3.63) is 12.2 Å². The van der Waals surface area contributed by atoms with Crippen molar-refractivity contribution in [2.24, 2.45) is 11.8 Å². The summed E-state index contributed by atoms with van der Waals surface area (Å²) in [4.78, 5) is 19.6. The molecule has 4 nitrogen and oxygen atoms in total. The summed E-state index contributed by atoms with van der Waals surface area (Å²) in [5.41, 5.74) is 0. The van der Waals surface area contributed by atoms with Crippen LogP contribution in [0.25, 0.3) is 0 Å². The first-order valence-electron chi connectivity index (χ1n) is 9.01. The highest BCUT2D eigenvalue weighted by molar-refractivity contribution is 5.78. The maximum Gasteiger partial charge on any atom is 0.236 e. The van der Waals surface area contributed by atoms with E-state index in [-0.39, 0.29) is 0 Å². The van der Waals surface area contributed by atoms with Gasteiger partial charge in [0.1, 0.15) is 0 Å². The first kappa shape index (κ1) is 16.0. The van der Waals surface area contributed by atoms with Gasteiger partial charge in [-0.25, -0.2) is 0 Å². The van der Waals surface area contributed by atoms with Crippen LogP contribution >= 0.6 is 0 Å². The molecule has 0 radical (unpaired) electrons. The van der Waals surface area contributed by atoms with Crippen molar-refractivity contribution in [1.82, 2.24) is 14.7 Å². The smallest absolute Gasteiger partial charge is 0.236 e. The topological polar surface area (TPSA) is 26.8 Å². The third-order valence-corrected chi connectivity index (χ3v) is 5.49. The number of piperidine rings is 1. The summed E-state index contributed by atoms with van der Waals surface area (Å²) in [7, 11) is 0. The van der Waals surface area contributed by atoms with E-state index in [1.807, 2.05) is 0 Å². The van der Waals surface area contributed by atoms with Gasteiger partial charge in [0.2, 0.25) is 5.91 Å². The van der Waals surface area contributed by atoms with E-state index in [1.165, 1.54) is 19.3 Å². The minimum absolute atomic E-state index is 0.342. The van der Waals surface area contributed by atoms with Crippen LogP contribution in [-0.4, -0.2) is 72.5 Å². The van der Waals surface area contributed by atoms with Gasteiger partial charge in [-0.15, -0.1) is 0 Å². The molecular weight excluding hydrogens is 274 g/mol. The number of hydrogen-bond donors (Lipinski definition) is 0. The zero-order valence-corrected chi connectivity index (χ0v) is 14.2. The summed E-state index contributed by atoms with van der Waals surface area (Å²) in [6.45, 7) is 11.4. The van der Waals surface area contributed by atoms with Crippen LogP contribution in [0.15, 0.2) is 12.2 Å². The lowest BCUT2D eigenvalue weighted by Crippen LogP contribution is -2.53. The van der Waals surface area contributed by atoms with Gasteiger partial charge >= 0.3 is 0 Å². The van der Waals surface area contributed by atoms with E-state index in [4.69, 9.17) is 0 Å². The van der Waals surface area contributed by atoms with Gasteiger partial charge in [-0.05, 0) is 31.1 Å². The third kappa shape index (κ3) is 3.90. The Labute approximate surface area is 135 Å². The molecule has 0 aromatic rings. The highest BCUT2D eigenvalue weighted by atomic mass is 16.2. The quantitative estimate of drug-likeness (QED) is 0.744. The number of carbonyl (C=O) groups is 1. The second kappa shape index (κ2) is 7.14. The summed E-state index contributed by atoms with van der Waals surface area (Å²) in [6, 6.07) is 0.724. The monoisotopic (exact) mass is 305 g/mol. The van der Waals surface area contributed by atoms with Gasteiger partial charge in [0.25, 0.3) is 0 Å². The lowest BCUT2D eigenvalue weighted by atomic mass is 9.92. The van der Waals surface area contributed by atoms with Crippen LogP contribution in [0.1, 0.15) is 33.1 Å². The normalized spacial score (nSPS) is 31.8. The highest BCUT2D eigenvalue weighted by Gasteiger charge is 2.28. The Balaban J connectivity index is 1.43. The Kier molecular flexibility index (Phi) is 5.19. The molecule has 0 bridgehead atoms. The predicted octanol–water partition coefficient (Wildman–Crippen LogP) is 1.83. The Morgan fingerprint density at radius 3 is 2.18 bits per heavy atom. The highest BCUT2D eigenvalue weighted by Crippen LogP contribution is 2.22. The molecule has 4 heteroatoms. The molecule has 2 heterocycles. The Hall–Kier alpha value is -0.870. The van der Waals surface area contributed by atoms with Crippen LogP contribution in [0.2, 0.25) is 0 Å². The molecule has 1 amide bonds. The standard InChI is InChI=1S/C18H31N3O/c1-15-11-16(2)13-21(12-15)18(22)14-19-7-9-20(10-8-19)17-5-3-4-6-17/h3-4,15-17H,5-14H2,1-2H3. The number of piperazine rings is 1. The largest absolute Gasteiger partial charge is 0.341 e. The van der Waals surface area contributed by atoms with E-state index >= 15 is 0 Å². The van der Waals surface area contributed by atoms with E-state index in [9.17, 15) is 4.79 Å². The average molecular weight is 305 g/mol. The number of amides is 1. The zero-order valence-electron chi connectivity index (χ0n) is 14.2. The average Bonchev–Trinajstić information content (AvgIpc) is 3.01. The summed E-state index contributed by atoms with van der Waals surface area (Å²) in [6.07, 6.45) is 8.29. The molecule has 0 aromatic heterocycles. The van der Waals surface area contributed by atoms with Gasteiger partial charge in [0, 0.05) is 45.3 Å². The van der Waals surface area contributed by atoms with Crippen molar-refractivity contribution in [2.75, 3.05) is 45.8 Å². The van der Waals surface area contributed by atoms with E-state index in [1.54, 1.807) is 0 Å². The molecule has 0 aromatic carbocycles. The third-order valence-electron chi connectivity index (χ3n) is 5.49. The maximum absolute atomic E-state index is 12.6. The second-order valence-electron chi connectivity index (χ2n) is 7.65. The second-order valence-corrected chi connectivity index (χ2v) is 7.65. The molecule has 3 aliphatic rings. The molecule has 2 unspecified atom stereocenters. The van der Waals surface area contributed by atoms with Crippen LogP contribution in [0.3, 0.4) is 0 Å². The molecule has 0 spiro atoms. The van der Waals surface area contributed by atoms with Crippen molar-refractivity contribution in [3.63, 3.8) is 0 Å².